The van der Waals surface area contributed by atoms with Crippen LogP contribution in [0.25, 0.3) is 0 Å². The van der Waals surface area contributed by atoms with Crippen molar-refractivity contribution in [3.63, 3.8) is 0 Å². The molecule has 0 atom stereocenters. The Balaban J connectivity index is 2.61. The van der Waals surface area contributed by atoms with Crippen molar-refractivity contribution in [3.8, 4) is 0 Å². The Labute approximate surface area is 84.1 Å². The second-order valence-electron chi connectivity index (χ2n) is 3.17. The molecule has 1 aromatic rings. The summed E-state index contributed by atoms with van der Waals surface area (Å²) in [5, 5.41) is 0. The Morgan fingerprint density at radius 1 is 1.57 bits per heavy atom. The van der Waals surface area contributed by atoms with Crippen LogP contribution in [0.2, 0.25) is 0 Å². The zero-order chi connectivity index (χ0) is 10.4. The molecule has 1 heterocycles. The van der Waals surface area contributed by atoms with Gasteiger partial charge in [0.05, 0.1) is 6.61 Å². The number of nitrogens with zero attached hydrogens (tertiary/aromatic N) is 1. The van der Waals surface area contributed by atoms with E-state index in [-0.39, 0.29) is 0 Å². The van der Waals surface area contributed by atoms with Crippen LogP contribution in [-0.2, 0) is 22.4 Å². The quantitative estimate of drug-likeness (QED) is 0.527. The van der Waals surface area contributed by atoms with Crippen molar-refractivity contribution in [2.75, 3.05) is 6.61 Å². The van der Waals surface area contributed by atoms with E-state index in [0.29, 0.717) is 19.5 Å². The summed E-state index contributed by atoms with van der Waals surface area (Å²) < 4.78 is 4.61. The highest BCUT2D eigenvalue weighted by Crippen LogP contribution is 2.09. The molecular weight excluding hydrogens is 178 g/mol. The molecule has 1 rings (SSSR count). The van der Waals surface area contributed by atoms with E-state index in [1.54, 1.807) is 0 Å². The summed E-state index contributed by atoms with van der Waals surface area (Å²) in [7, 11) is 0. The Hall–Kier alpha value is -1.38. The molecule has 14 heavy (non-hydrogen) atoms. The highest BCUT2D eigenvalue weighted by atomic mass is 16.5. The Morgan fingerprint density at radius 2 is 2.36 bits per heavy atom. The zero-order valence-corrected chi connectivity index (χ0v) is 8.62. The van der Waals surface area contributed by atoms with E-state index in [1.165, 1.54) is 11.1 Å². The number of hydrogen-bond donors (Lipinski definition) is 0. The summed E-state index contributed by atoms with van der Waals surface area (Å²) in [4.78, 5) is 14.2. The van der Waals surface area contributed by atoms with Crippen molar-refractivity contribution in [1.82, 2.24) is 4.98 Å². The average Bonchev–Trinajstić information content (AvgIpc) is 2.18. The van der Waals surface area contributed by atoms with Crippen LogP contribution in [-0.4, -0.2) is 18.1 Å². The molecule has 76 valence electrons. The SMILES string of the molecule is CCc1cnc(CCOC=O)cc1C. The van der Waals surface area contributed by atoms with Gasteiger partial charge in [-0.05, 0) is 30.5 Å². The fraction of sp³-hybridized carbons (Fsp3) is 0.455. The first-order valence-electron chi connectivity index (χ1n) is 4.77. The van der Waals surface area contributed by atoms with E-state index in [0.717, 1.165) is 12.1 Å². The van der Waals surface area contributed by atoms with Gasteiger partial charge in [0.25, 0.3) is 6.47 Å². The fourth-order valence-corrected chi connectivity index (χ4v) is 1.36. The molecule has 0 saturated carbocycles. The van der Waals surface area contributed by atoms with Crippen LogP contribution >= 0.6 is 0 Å². The topological polar surface area (TPSA) is 39.2 Å². The summed E-state index contributed by atoms with van der Waals surface area (Å²) in [5.74, 6) is 0. The summed E-state index contributed by atoms with van der Waals surface area (Å²) in [5.41, 5.74) is 3.50. The highest BCUT2D eigenvalue weighted by Gasteiger charge is 1.99. The third-order valence-corrected chi connectivity index (χ3v) is 2.20. The van der Waals surface area contributed by atoms with Gasteiger partial charge in [0.2, 0.25) is 0 Å². The molecule has 0 fully saturated rings. The number of aromatic nitrogens is 1. The average molecular weight is 193 g/mol. The van der Waals surface area contributed by atoms with Gasteiger partial charge in [-0.15, -0.1) is 0 Å². The van der Waals surface area contributed by atoms with E-state index in [9.17, 15) is 4.79 Å². The maximum atomic E-state index is 9.92. The van der Waals surface area contributed by atoms with E-state index in [1.807, 2.05) is 12.3 Å². The lowest BCUT2D eigenvalue weighted by Crippen LogP contribution is -2.00. The first-order chi connectivity index (χ1) is 6.77. The normalized spacial score (nSPS) is 9.86. The van der Waals surface area contributed by atoms with Crippen molar-refractivity contribution in [3.05, 3.63) is 29.1 Å². The minimum absolute atomic E-state index is 0.404. The molecule has 0 N–H and O–H groups in total. The van der Waals surface area contributed by atoms with Gasteiger partial charge < -0.3 is 4.74 Å². The Kier molecular flexibility index (Phi) is 4.11. The third kappa shape index (κ3) is 2.83. The van der Waals surface area contributed by atoms with E-state index in [2.05, 4.69) is 23.6 Å². The maximum absolute atomic E-state index is 9.92. The molecule has 0 saturated heterocycles. The summed E-state index contributed by atoms with van der Waals surface area (Å²) >= 11 is 0. The van der Waals surface area contributed by atoms with Crippen molar-refractivity contribution in [2.24, 2.45) is 0 Å². The lowest BCUT2D eigenvalue weighted by atomic mass is 10.1. The van der Waals surface area contributed by atoms with Crippen LogP contribution in [0, 0.1) is 6.92 Å². The molecule has 0 amide bonds. The smallest absolute Gasteiger partial charge is 0.293 e. The van der Waals surface area contributed by atoms with Gasteiger partial charge in [-0.1, -0.05) is 6.92 Å². The fourth-order valence-electron chi connectivity index (χ4n) is 1.36. The van der Waals surface area contributed by atoms with Gasteiger partial charge in [0.15, 0.2) is 0 Å². The largest absolute Gasteiger partial charge is 0.467 e. The number of aryl methyl sites for hydroxylation is 2. The lowest BCUT2D eigenvalue weighted by molar-refractivity contribution is -0.128. The molecular formula is C11H15NO2. The molecule has 0 bridgehead atoms. The van der Waals surface area contributed by atoms with Crippen LogP contribution in [0.15, 0.2) is 12.3 Å². The molecule has 0 spiro atoms. The van der Waals surface area contributed by atoms with Gasteiger partial charge in [-0.2, -0.15) is 0 Å². The Morgan fingerprint density at radius 3 is 2.93 bits per heavy atom. The molecule has 0 aliphatic carbocycles. The third-order valence-electron chi connectivity index (χ3n) is 2.20. The Bertz CT molecular complexity index is 310. The van der Waals surface area contributed by atoms with Crippen molar-refractivity contribution in [2.45, 2.75) is 26.7 Å². The minimum atomic E-state index is 0.404. The molecule has 0 aromatic carbocycles. The highest BCUT2D eigenvalue weighted by molar-refractivity contribution is 5.37. The summed E-state index contributed by atoms with van der Waals surface area (Å²) in [6, 6.07) is 2.05. The maximum Gasteiger partial charge on any atom is 0.293 e. The predicted octanol–water partition coefficient (Wildman–Crippen LogP) is 1.67. The number of pyridine rings is 1. The van der Waals surface area contributed by atoms with Crippen LogP contribution < -0.4 is 0 Å². The first kappa shape index (κ1) is 10.7. The summed E-state index contributed by atoms with van der Waals surface area (Å²) in [6.07, 6.45) is 3.58. The second kappa shape index (κ2) is 5.37. The van der Waals surface area contributed by atoms with Crippen LogP contribution in [0.3, 0.4) is 0 Å². The van der Waals surface area contributed by atoms with E-state index >= 15 is 0 Å². The van der Waals surface area contributed by atoms with Gasteiger partial charge in [0.1, 0.15) is 0 Å². The van der Waals surface area contributed by atoms with Gasteiger partial charge in [0, 0.05) is 18.3 Å². The predicted molar refractivity (Wildman–Crippen MR) is 54.1 cm³/mol. The molecule has 0 radical (unpaired) electrons. The van der Waals surface area contributed by atoms with Gasteiger partial charge in [-0.25, -0.2) is 0 Å². The van der Waals surface area contributed by atoms with Gasteiger partial charge >= 0.3 is 0 Å². The molecule has 0 unspecified atom stereocenters. The van der Waals surface area contributed by atoms with Crippen molar-refractivity contribution >= 4 is 6.47 Å². The number of ether oxygens (including phenoxy) is 1. The number of carbonyl (C=O) groups excluding carboxylic acids is 1. The van der Waals surface area contributed by atoms with Crippen LogP contribution in [0.5, 0.6) is 0 Å². The molecule has 3 heteroatoms. The van der Waals surface area contributed by atoms with Crippen LogP contribution in [0.4, 0.5) is 0 Å². The number of rotatable bonds is 5. The minimum Gasteiger partial charge on any atom is -0.467 e. The molecule has 0 aliphatic heterocycles. The zero-order valence-electron chi connectivity index (χ0n) is 8.62. The van der Waals surface area contributed by atoms with Gasteiger partial charge in [-0.3, -0.25) is 9.78 Å². The number of hydrogen-bond acceptors (Lipinski definition) is 3. The molecule has 3 nitrogen and oxygen atoms in total. The summed E-state index contributed by atoms with van der Waals surface area (Å²) in [6.45, 7) is 5.05. The molecule has 1 aromatic heterocycles. The number of carbonyl (C=O) groups is 1. The van der Waals surface area contributed by atoms with E-state index < -0.39 is 0 Å². The molecule has 0 aliphatic rings. The van der Waals surface area contributed by atoms with Crippen molar-refractivity contribution < 1.29 is 9.53 Å². The van der Waals surface area contributed by atoms with Crippen LogP contribution in [0.1, 0.15) is 23.7 Å². The monoisotopic (exact) mass is 193 g/mol. The van der Waals surface area contributed by atoms with Crippen molar-refractivity contribution in [1.29, 1.82) is 0 Å². The first-order valence-corrected chi connectivity index (χ1v) is 4.77. The second-order valence-corrected chi connectivity index (χ2v) is 3.17. The lowest BCUT2D eigenvalue weighted by Gasteiger charge is -2.05. The standard InChI is InChI=1S/C11H15NO2/c1-3-10-7-12-11(6-9(10)2)4-5-14-8-13/h6-8H,3-5H2,1-2H3. The van der Waals surface area contributed by atoms with E-state index in [4.69, 9.17) is 0 Å².